The SMILES string of the molecule is Cc1ccccc1C1CCN(CCC(=O)c2ccc3cc4c(cc3c2)OCCC4=O)C1. The Hall–Kier alpha value is -2.98. The molecule has 0 spiro atoms. The van der Waals surface area contributed by atoms with Gasteiger partial charge in [0, 0.05) is 31.5 Å². The number of hydrogen-bond donors (Lipinski definition) is 0. The monoisotopic (exact) mass is 413 g/mol. The van der Waals surface area contributed by atoms with Gasteiger partial charge >= 0.3 is 0 Å². The van der Waals surface area contributed by atoms with Gasteiger partial charge in [-0.05, 0) is 65.9 Å². The normalized spacial score (nSPS) is 18.7. The molecular weight excluding hydrogens is 386 g/mol. The second-order valence-electron chi connectivity index (χ2n) is 8.75. The van der Waals surface area contributed by atoms with E-state index in [4.69, 9.17) is 4.74 Å². The maximum absolute atomic E-state index is 12.9. The van der Waals surface area contributed by atoms with Crippen molar-refractivity contribution in [1.82, 2.24) is 4.90 Å². The van der Waals surface area contributed by atoms with E-state index in [2.05, 4.69) is 36.1 Å². The topological polar surface area (TPSA) is 46.6 Å². The minimum absolute atomic E-state index is 0.123. The lowest BCUT2D eigenvalue weighted by atomic mass is 9.94. The van der Waals surface area contributed by atoms with Crippen molar-refractivity contribution in [2.24, 2.45) is 0 Å². The fraction of sp³-hybridized carbons (Fsp3) is 0.333. The quantitative estimate of drug-likeness (QED) is 0.541. The molecule has 2 heterocycles. The highest BCUT2D eigenvalue weighted by molar-refractivity contribution is 6.05. The Labute approximate surface area is 182 Å². The van der Waals surface area contributed by atoms with Gasteiger partial charge in [-0.2, -0.15) is 0 Å². The number of ether oxygens (including phenoxy) is 1. The molecule has 0 saturated carbocycles. The van der Waals surface area contributed by atoms with E-state index < -0.39 is 0 Å². The number of nitrogens with zero attached hydrogens (tertiary/aromatic N) is 1. The van der Waals surface area contributed by atoms with Crippen LogP contribution in [-0.2, 0) is 0 Å². The molecule has 4 heteroatoms. The summed E-state index contributed by atoms with van der Waals surface area (Å²) in [7, 11) is 0. The molecule has 3 aromatic carbocycles. The maximum atomic E-state index is 12.9. The Morgan fingerprint density at radius 3 is 2.84 bits per heavy atom. The molecule has 5 rings (SSSR count). The van der Waals surface area contributed by atoms with E-state index in [1.54, 1.807) is 0 Å². The molecule has 0 N–H and O–H groups in total. The van der Waals surface area contributed by atoms with Crippen molar-refractivity contribution in [3.05, 3.63) is 76.9 Å². The van der Waals surface area contributed by atoms with Crippen LogP contribution < -0.4 is 4.74 Å². The van der Waals surface area contributed by atoms with Crippen molar-refractivity contribution in [3.8, 4) is 5.75 Å². The Kier molecular flexibility index (Phi) is 5.33. The van der Waals surface area contributed by atoms with Crippen molar-refractivity contribution in [2.45, 2.75) is 32.1 Å². The van der Waals surface area contributed by atoms with Crippen LogP contribution in [0.25, 0.3) is 10.8 Å². The fourth-order valence-corrected chi connectivity index (χ4v) is 4.91. The van der Waals surface area contributed by atoms with Crippen molar-refractivity contribution >= 4 is 22.3 Å². The van der Waals surface area contributed by atoms with Gasteiger partial charge < -0.3 is 9.64 Å². The van der Waals surface area contributed by atoms with E-state index in [-0.39, 0.29) is 11.6 Å². The molecule has 0 bridgehead atoms. The van der Waals surface area contributed by atoms with Gasteiger partial charge in [0.15, 0.2) is 11.6 Å². The zero-order valence-corrected chi connectivity index (χ0v) is 17.9. The lowest BCUT2D eigenvalue weighted by Crippen LogP contribution is -2.23. The molecule has 3 aromatic rings. The molecule has 1 unspecified atom stereocenters. The average Bonchev–Trinajstić information content (AvgIpc) is 3.25. The van der Waals surface area contributed by atoms with E-state index >= 15 is 0 Å². The third-order valence-corrected chi connectivity index (χ3v) is 6.70. The lowest BCUT2D eigenvalue weighted by Gasteiger charge is -2.18. The molecule has 0 aromatic heterocycles. The summed E-state index contributed by atoms with van der Waals surface area (Å²) in [6.45, 7) is 5.46. The molecule has 0 aliphatic carbocycles. The van der Waals surface area contributed by atoms with Crippen LogP contribution in [0.1, 0.15) is 57.0 Å². The van der Waals surface area contributed by atoms with E-state index in [1.165, 1.54) is 11.1 Å². The molecule has 1 atom stereocenters. The van der Waals surface area contributed by atoms with E-state index in [0.29, 0.717) is 36.7 Å². The molecule has 158 valence electrons. The second-order valence-corrected chi connectivity index (χ2v) is 8.75. The Balaban J connectivity index is 1.25. The number of carbonyl (C=O) groups excluding carboxylic acids is 2. The number of fused-ring (bicyclic) bond motifs is 2. The molecule has 0 amide bonds. The van der Waals surface area contributed by atoms with Gasteiger partial charge in [0.25, 0.3) is 0 Å². The summed E-state index contributed by atoms with van der Waals surface area (Å²) in [6.07, 6.45) is 2.10. The minimum atomic E-state index is 0.123. The number of aryl methyl sites for hydroxylation is 1. The highest BCUT2D eigenvalue weighted by atomic mass is 16.5. The number of ketones is 2. The van der Waals surface area contributed by atoms with Gasteiger partial charge in [-0.3, -0.25) is 9.59 Å². The lowest BCUT2D eigenvalue weighted by molar-refractivity contribution is 0.0931. The predicted octanol–water partition coefficient (Wildman–Crippen LogP) is 5.18. The van der Waals surface area contributed by atoms with E-state index in [1.807, 2.05) is 30.3 Å². The number of Topliss-reactive ketones (excluding diaryl/α,β-unsaturated/α-hetero) is 2. The van der Waals surface area contributed by atoms with Crippen LogP contribution in [0.15, 0.2) is 54.6 Å². The van der Waals surface area contributed by atoms with Crippen LogP contribution in [-0.4, -0.2) is 42.7 Å². The van der Waals surface area contributed by atoms with Crippen LogP contribution >= 0.6 is 0 Å². The van der Waals surface area contributed by atoms with Crippen molar-refractivity contribution in [2.75, 3.05) is 26.2 Å². The fourth-order valence-electron chi connectivity index (χ4n) is 4.91. The molecule has 1 fully saturated rings. The van der Waals surface area contributed by atoms with Crippen LogP contribution in [0.4, 0.5) is 0 Å². The largest absolute Gasteiger partial charge is 0.492 e. The van der Waals surface area contributed by atoms with Gasteiger partial charge in [0.05, 0.1) is 12.2 Å². The molecule has 0 radical (unpaired) electrons. The molecule has 4 nitrogen and oxygen atoms in total. The highest BCUT2D eigenvalue weighted by Crippen LogP contribution is 2.31. The molecule has 2 aliphatic heterocycles. The number of carbonyl (C=O) groups is 2. The zero-order chi connectivity index (χ0) is 21.4. The minimum Gasteiger partial charge on any atom is -0.492 e. The summed E-state index contributed by atoms with van der Waals surface area (Å²) in [5, 5.41) is 1.91. The first-order valence-electron chi connectivity index (χ1n) is 11.1. The first kappa shape index (κ1) is 20.0. The van der Waals surface area contributed by atoms with Crippen LogP contribution in [0, 0.1) is 6.92 Å². The Morgan fingerprint density at radius 1 is 1.10 bits per heavy atom. The molecule has 1 saturated heterocycles. The number of hydrogen-bond acceptors (Lipinski definition) is 4. The smallest absolute Gasteiger partial charge is 0.170 e. The number of rotatable bonds is 5. The highest BCUT2D eigenvalue weighted by Gasteiger charge is 2.25. The van der Waals surface area contributed by atoms with E-state index in [0.717, 1.165) is 42.4 Å². The second kappa shape index (κ2) is 8.27. The molecule has 31 heavy (non-hydrogen) atoms. The van der Waals surface area contributed by atoms with Crippen LogP contribution in [0.3, 0.4) is 0 Å². The summed E-state index contributed by atoms with van der Waals surface area (Å²) in [6, 6.07) is 18.2. The first-order chi connectivity index (χ1) is 15.1. The zero-order valence-electron chi connectivity index (χ0n) is 17.9. The third-order valence-electron chi connectivity index (χ3n) is 6.70. The van der Waals surface area contributed by atoms with Crippen molar-refractivity contribution < 1.29 is 14.3 Å². The van der Waals surface area contributed by atoms with Gasteiger partial charge in [-0.25, -0.2) is 0 Å². The van der Waals surface area contributed by atoms with Crippen LogP contribution in [0.2, 0.25) is 0 Å². The van der Waals surface area contributed by atoms with Gasteiger partial charge in [0.2, 0.25) is 0 Å². The Morgan fingerprint density at radius 2 is 1.97 bits per heavy atom. The van der Waals surface area contributed by atoms with Crippen LogP contribution in [0.5, 0.6) is 5.75 Å². The molecular formula is C27H27NO3. The summed E-state index contributed by atoms with van der Waals surface area (Å²) in [4.78, 5) is 27.4. The predicted molar refractivity (Wildman–Crippen MR) is 122 cm³/mol. The first-order valence-corrected chi connectivity index (χ1v) is 11.1. The Bertz CT molecular complexity index is 1170. The summed E-state index contributed by atoms with van der Waals surface area (Å²) in [5.41, 5.74) is 4.17. The van der Waals surface area contributed by atoms with Crippen molar-refractivity contribution in [3.63, 3.8) is 0 Å². The summed E-state index contributed by atoms with van der Waals surface area (Å²) >= 11 is 0. The van der Waals surface area contributed by atoms with Gasteiger partial charge in [0.1, 0.15) is 5.75 Å². The number of benzene rings is 3. The van der Waals surface area contributed by atoms with E-state index in [9.17, 15) is 9.59 Å². The van der Waals surface area contributed by atoms with Gasteiger partial charge in [-0.15, -0.1) is 0 Å². The molecule has 2 aliphatic rings. The summed E-state index contributed by atoms with van der Waals surface area (Å²) < 4.78 is 5.66. The summed E-state index contributed by atoms with van der Waals surface area (Å²) in [5.74, 6) is 1.48. The third kappa shape index (κ3) is 4.00. The number of likely N-dealkylation sites (tertiary alicyclic amines) is 1. The van der Waals surface area contributed by atoms with Gasteiger partial charge in [-0.1, -0.05) is 36.4 Å². The van der Waals surface area contributed by atoms with Crippen molar-refractivity contribution in [1.29, 1.82) is 0 Å². The maximum Gasteiger partial charge on any atom is 0.170 e. The standard InChI is InChI=1S/C27H27NO3/c1-18-4-2-3-5-23(18)21-8-11-28(17-21)12-9-25(29)20-7-6-19-15-24-26(30)10-13-31-27(24)16-22(19)14-20/h2-7,14-16,21H,8-13,17H2,1H3. The average molecular weight is 414 g/mol.